The first kappa shape index (κ1) is 20.6. The zero-order valence-corrected chi connectivity index (χ0v) is 17.6. The lowest BCUT2D eigenvalue weighted by Crippen LogP contribution is -2.52. The molecule has 0 saturated carbocycles. The Morgan fingerprint density at radius 1 is 0.897 bits per heavy atom. The summed E-state index contributed by atoms with van der Waals surface area (Å²) in [7, 11) is 6.69. The fraction of sp³-hybridized carbons (Fsp3) is 0.409. The summed E-state index contributed by atoms with van der Waals surface area (Å²) in [5.41, 5.74) is 2.25. The number of rotatable bonds is 6. The number of nitrogens with zero attached hydrogens (tertiary/aromatic N) is 3. The molecule has 1 aliphatic rings. The largest absolute Gasteiger partial charge is 0.493 e. The number of ether oxygens (including phenoxy) is 3. The van der Waals surface area contributed by atoms with Gasteiger partial charge in [-0.15, -0.1) is 0 Å². The second kappa shape index (κ2) is 9.91. The number of hydrogen-bond acceptors (Lipinski definition) is 5. The highest BCUT2D eigenvalue weighted by Gasteiger charge is 2.21. The molecule has 156 valence electrons. The van der Waals surface area contributed by atoms with Crippen LogP contribution in [0.3, 0.4) is 0 Å². The van der Waals surface area contributed by atoms with Gasteiger partial charge in [-0.25, -0.2) is 0 Å². The second-order valence-electron chi connectivity index (χ2n) is 6.70. The molecular weight excluding hydrogens is 368 g/mol. The molecule has 1 fully saturated rings. The summed E-state index contributed by atoms with van der Waals surface area (Å²) in [5, 5.41) is 3.45. The number of methoxy groups -OCH3 is 3. The van der Waals surface area contributed by atoms with E-state index in [1.807, 2.05) is 25.2 Å². The van der Waals surface area contributed by atoms with Gasteiger partial charge < -0.3 is 29.3 Å². The summed E-state index contributed by atoms with van der Waals surface area (Å²) in [5.74, 6) is 2.80. The molecule has 1 N–H and O–H groups in total. The highest BCUT2D eigenvalue weighted by molar-refractivity contribution is 5.80. The van der Waals surface area contributed by atoms with Gasteiger partial charge in [0.1, 0.15) is 0 Å². The van der Waals surface area contributed by atoms with Crippen LogP contribution in [0.4, 0.5) is 5.69 Å². The minimum atomic E-state index is 0.578. The molecule has 2 aromatic carbocycles. The Balaban J connectivity index is 1.63. The maximum absolute atomic E-state index is 5.58. The predicted molar refractivity (Wildman–Crippen MR) is 117 cm³/mol. The summed E-state index contributed by atoms with van der Waals surface area (Å²) in [6.45, 7) is 4.33. The average molecular weight is 399 g/mol. The lowest BCUT2D eigenvalue weighted by atomic mass is 10.1. The fourth-order valence-electron chi connectivity index (χ4n) is 3.62. The minimum Gasteiger partial charge on any atom is -0.493 e. The quantitative estimate of drug-likeness (QED) is 0.596. The van der Waals surface area contributed by atoms with Crippen LogP contribution < -0.4 is 24.4 Å². The second-order valence-corrected chi connectivity index (χ2v) is 6.70. The Morgan fingerprint density at radius 2 is 1.59 bits per heavy atom. The highest BCUT2D eigenvalue weighted by atomic mass is 16.5. The molecule has 0 aliphatic carbocycles. The van der Waals surface area contributed by atoms with Crippen LogP contribution >= 0.6 is 0 Å². The lowest BCUT2D eigenvalue weighted by Gasteiger charge is -2.37. The SMILES string of the molecule is CN=C(NCc1ccc(OC)c(OC)c1OC)N1CCN(c2ccccc2)CC1. The van der Waals surface area contributed by atoms with E-state index in [-0.39, 0.29) is 0 Å². The molecule has 3 rings (SSSR count). The number of nitrogens with one attached hydrogen (secondary N) is 1. The van der Waals surface area contributed by atoms with Gasteiger partial charge in [-0.1, -0.05) is 18.2 Å². The van der Waals surface area contributed by atoms with E-state index in [2.05, 4.69) is 44.4 Å². The van der Waals surface area contributed by atoms with Crippen molar-refractivity contribution in [2.24, 2.45) is 4.99 Å². The Morgan fingerprint density at radius 3 is 2.17 bits per heavy atom. The topological polar surface area (TPSA) is 58.6 Å². The van der Waals surface area contributed by atoms with Crippen LogP contribution in [0, 0.1) is 0 Å². The van der Waals surface area contributed by atoms with Crippen LogP contribution in [0.5, 0.6) is 17.2 Å². The van der Waals surface area contributed by atoms with Gasteiger partial charge in [0.25, 0.3) is 0 Å². The summed E-state index contributed by atoms with van der Waals surface area (Å²) < 4.78 is 16.4. The van der Waals surface area contributed by atoms with Crippen molar-refractivity contribution in [1.29, 1.82) is 0 Å². The van der Waals surface area contributed by atoms with Gasteiger partial charge in [-0.3, -0.25) is 4.99 Å². The first-order valence-corrected chi connectivity index (χ1v) is 9.75. The number of anilines is 1. The third-order valence-electron chi connectivity index (χ3n) is 5.14. The van der Waals surface area contributed by atoms with Crippen LogP contribution in [-0.2, 0) is 6.54 Å². The van der Waals surface area contributed by atoms with Crippen molar-refractivity contribution < 1.29 is 14.2 Å². The first-order chi connectivity index (χ1) is 14.2. The van der Waals surface area contributed by atoms with Crippen molar-refractivity contribution in [2.45, 2.75) is 6.54 Å². The van der Waals surface area contributed by atoms with Crippen molar-refractivity contribution in [3.63, 3.8) is 0 Å². The maximum atomic E-state index is 5.58. The number of guanidine groups is 1. The van der Waals surface area contributed by atoms with E-state index in [9.17, 15) is 0 Å². The van der Waals surface area contributed by atoms with Gasteiger partial charge in [0.05, 0.1) is 21.3 Å². The number of hydrogen-bond donors (Lipinski definition) is 1. The molecule has 7 heteroatoms. The van der Waals surface area contributed by atoms with Crippen LogP contribution in [0.2, 0.25) is 0 Å². The maximum Gasteiger partial charge on any atom is 0.203 e. The van der Waals surface area contributed by atoms with Gasteiger partial charge in [-0.2, -0.15) is 0 Å². The van der Waals surface area contributed by atoms with E-state index in [0.717, 1.165) is 37.7 Å². The predicted octanol–water partition coefficient (Wildman–Crippen LogP) is 2.61. The Labute approximate surface area is 172 Å². The molecule has 0 atom stereocenters. The molecule has 2 aromatic rings. The Bertz CT molecular complexity index is 818. The molecule has 0 bridgehead atoms. The van der Waals surface area contributed by atoms with Crippen LogP contribution in [0.1, 0.15) is 5.56 Å². The van der Waals surface area contributed by atoms with E-state index in [0.29, 0.717) is 23.8 Å². The molecule has 29 heavy (non-hydrogen) atoms. The summed E-state index contributed by atoms with van der Waals surface area (Å²) in [4.78, 5) is 9.16. The van der Waals surface area contributed by atoms with Crippen molar-refractivity contribution in [3.05, 3.63) is 48.0 Å². The smallest absolute Gasteiger partial charge is 0.203 e. The minimum absolute atomic E-state index is 0.578. The number of piperazine rings is 1. The van der Waals surface area contributed by atoms with E-state index in [1.165, 1.54) is 5.69 Å². The van der Waals surface area contributed by atoms with Gasteiger partial charge >= 0.3 is 0 Å². The van der Waals surface area contributed by atoms with Gasteiger partial charge in [-0.05, 0) is 24.3 Å². The molecule has 1 saturated heterocycles. The van der Waals surface area contributed by atoms with Crippen LogP contribution in [0.25, 0.3) is 0 Å². The zero-order valence-electron chi connectivity index (χ0n) is 17.6. The molecule has 0 radical (unpaired) electrons. The van der Waals surface area contributed by atoms with Gasteiger partial charge in [0.15, 0.2) is 17.5 Å². The van der Waals surface area contributed by atoms with Gasteiger partial charge in [0.2, 0.25) is 5.75 Å². The van der Waals surface area contributed by atoms with Crippen LogP contribution in [0.15, 0.2) is 47.5 Å². The molecular formula is C22H30N4O3. The van der Waals surface area contributed by atoms with Crippen molar-refractivity contribution >= 4 is 11.6 Å². The standard InChI is InChI=1S/C22H30N4O3/c1-23-22(26-14-12-25(13-15-26)18-8-6-5-7-9-18)24-16-17-10-11-19(27-2)21(29-4)20(17)28-3/h5-11H,12-16H2,1-4H3,(H,23,24). The molecule has 0 aromatic heterocycles. The summed E-state index contributed by atoms with van der Waals surface area (Å²) in [6, 6.07) is 14.4. The first-order valence-electron chi connectivity index (χ1n) is 9.75. The van der Waals surface area contributed by atoms with E-state index in [4.69, 9.17) is 14.2 Å². The van der Waals surface area contributed by atoms with Gasteiger partial charge in [0, 0.05) is 51.0 Å². The molecule has 1 aliphatic heterocycles. The lowest BCUT2D eigenvalue weighted by molar-refractivity contribution is 0.321. The molecule has 0 amide bonds. The normalized spacial score (nSPS) is 14.6. The summed E-state index contributed by atoms with van der Waals surface area (Å²) >= 11 is 0. The molecule has 7 nitrogen and oxygen atoms in total. The molecule has 0 unspecified atom stereocenters. The monoisotopic (exact) mass is 398 g/mol. The van der Waals surface area contributed by atoms with E-state index in [1.54, 1.807) is 21.3 Å². The number of para-hydroxylation sites is 1. The third-order valence-corrected chi connectivity index (χ3v) is 5.14. The Kier molecular flexibility index (Phi) is 7.05. The zero-order chi connectivity index (χ0) is 20.6. The summed E-state index contributed by atoms with van der Waals surface area (Å²) in [6.07, 6.45) is 0. The van der Waals surface area contributed by atoms with Crippen molar-refractivity contribution in [3.8, 4) is 17.2 Å². The molecule has 0 spiro atoms. The molecule has 1 heterocycles. The van der Waals surface area contributed by atoms with E-state index < -0.39 is 0 Å². The Hall–Kier alpha value is -3.09. The highest BCUT2D eigenvalue weighted by Crippen LogP contribution is 2.39. The number of benzene rings is 2. The fourth-order valence-corrected chi connectivity index (χ4v) is 3.62. The van der Waals surface area contributed by atoms with Crippen LogP contribution in [-0.4, -0.2) is 65.4 Å². The van der Waals surface area contributed by atoms with E-state index >= 15 is 0 Å². The van der Waals surface area contributed by atoms with Crippen molar-refractivity contribution in [2.75, 3.05) is 59.5 Å². The third kappa shape index (κ3) is 4.67. The van der Waals surface area contributed by atoms with Crippen molar-refractivity contribution in [1.82, 2.24) is 10.2 Å². The average Bonchev–Trinajstić information content (AvgIpc) is 2.79. The number of aliphatic imine (C=N–C) groups is 1.